The number of benzene rings is 1. The van der Waals surface area contributed by atoms with E-state index in [0.717, 1.165) is 22.2 Å². The monoisotopic (exact) mass is 453 g/mol. The van der Waals surface area contributed by atoms with E-state index in [4.69, 9.17) is 4.74 Å². The zero-order valence-corrected chi connectivity index (χ0v) is 17.1. The molecule has 3 heterocycles. The van der Waals surface area contributed by atoms with Crippen LogP contribution in [0.15, 0.2) is 24.4 Å². The fourth-order valence-electron chi connectivity index (χ4n) is 3.51. The molecule has 3 aromatic rings. The Kier molecular flexibility index (Phi) is 5.56. The van der Waals surface area contributed by atoms with Gasteiger partial charge in [0.25, 0.3) is 0 Å². The van der Waals surface area contributed by atoms with Gasteiger partial charge in [-0.25, -0.2) is 0 Å². The van der Waals surface area contributed by atoms with Gasteiger partial charge in [0.15, 0.2) is 0 Å². The van der Waals surface area contributed by atoms with Gasteiger partial charge >= 0.3 is 6.18 Å². The fraction of sp³-hybridized carbons (Fsp3) is 0.368. The van der Waals surface area contributed by atoms with E-state index in [-0.39, 0.29) is 35.3 Å². The Labute approximate surface area is 178 Å². The molecule has 2 N–H and O–H groups in total. The number of carbonyl (C=O) groups excluding carboxylic acids is 2. The van der Waals surface area contributed by atoms with Crippen LogP contribution in [0.4, 0.5) is 18.3 Å². The van der Waals surface area contributed by atoms with Crippen molar-refractivity contribution in [1.82, 2.24) is 20.1 Å². The van der Waals surface area contributed by atoms with Crippen molar-refractivity contribution in [3.05, 3.63) is 35.0 Å². The molecule has 164 valence electrons. The Bertz CT molecular complexity index is 1130. The number of nitrogens with one attached hydrogen (secondary N) is 2. The Balaban J connectivity index is 1.36. The van der Waals surface area contributed by atoms with E-state index in [1.54, 1.807) is 12.0 Å². The average Bonchev–Trinajstić information content (AvgIpc) is 3.44. The van der Waals surface area contributed by atoms with Gasteiger partial charge in [-0.1, -0.05) is 11.3 Å². The second-order valence-corrected chi connectivity index (χ2v) is 8.09. The number of hydrogen-bond acceptors (Lipinski definition) is 6. The number of rotatable bonds is 6. The van der Waals surface area contributed by atoms with Crippen molar-refractivity contribution in [3.63, 3.8) is 0 Å². The molecule has 1 aliphatic heterocycles. The summed E-state index contributed by atoms with van der Waals surface area (Å²) in [5.41, 5.74) is 1.97. The molecular weight excluding hydrogens is 435 g/mol. The molecule has 1 fully saturated rings. The van der Waals surface area contributed by atoms with Crippen LogP contribution in [0.1, 0.15) is 17.0 Å². The summed E-state index contributed by atoms with van der Waals surface area (Å²) in [4.78, 5) is 29.5. The highest BCUT2D eigenvalue weighted by atomic mass is 32.1. The highest BCUT2D eigenvalue weighted by Crippen LogP contribution is 2.33. The van der Waals surface area contributed by atoms with Crippen LogP contribution in [0.3, 0.4) is 0 Å². The number of aromatic amines is 1. The van der Waals surface area contributed by atoms with Crippen LogP contribution in [0.2, 0.25) is 0 Å². The van der Waals surface area contributed by atoms with Crippen molar-refractivity contribution in [2.45, 2.75) is 19.0 Å². The van der Waals surface area contributed by atoms with Gasteiger partial charge in [0.2, 0.25) is 22.0 Å². The number of likely N-dealkylation sites (tertiary alicyclic amines) is 1. The maximum Gasteiger partial charge on any atom is 0.445 e. The van der Waals surface area contributed by atoms with Crippen LogP contribution in [-0.4, -0.2) is 52.1 Å². The van der Waals surface area contributed by atoms with Crippen LogP contribution in [-0.2, 0) is 22.2 Å². The lowest BCUT2D eigenvalue weighted by Gasteiger charge is -2.16. The van der Waals surface area contributed by atoms with Crippen molar-refractivity contribution in [3.8, 4) is 5.75 Å². The molecule has 0 radical (unpaired) electrons. The van der Waals surface area contributed by atoms with Gasteiger partial charge in [0.05, 0.1) is 13.0 Å². The number of H-pyrrole nitrogens is 1. The lowest BCUT2D eigenvalue weighted by Crippen LogP contribution is -2.30. The minimum Gasteiger partial charge on any atom is -0.497 e. The van der Waals surface area contributed by atoms with E-state index in [9.17, 15) is 22.8 Å². The molecule has 1 atom stereocenters. The van der Waals surface area contributed by atoms with Crippen LogP contribution in [0.25, 0.3) is 10.9 Å². The van der Waals surface area contributed by atoms with Crippen molar-refractivity contribution >= 4 is 39.2 Å². The predicted molar refractivity (Wildman–Crippen MR) is 107 cm³/mol. The minimum atomic E-state index is -4.62. The number of aromatic nitrogens is 3. The first-order valence-corrected chi connectivity index (χ1v) is 10.2. The summed E-state index contributed by atoms with van der Waals surface area (Å²) in [6.45, 7) is 0.616. The second-order valence-electron chi connectivity index (χ2n) is 7.12. The van der Waals surface area contributed by atoms with Crippen molar-refractivity contribution < 1.29 is 27.5 Å². The molecule has 1 saturated heterocycles. The zero-order chi connectivity index (χ0) is 22.2. The van der Waals surface area contributed by atoms with Crippen LogP contribution >= 0.6 is 11.3 Å². The van der Waals surface area contributed by atoms with Crippen LogP contribution in [0, 0.1) is 5.92 Å². The Morgan fingerprint density at radius 2 is 2.19 bits per heavy atom. The van der Waals surface area contributed by atoms with E-state index in [1.807, 2.05) is 24.4 Å². The maximum atomic E-state index is 12.6. The van der Waals surface area contributed by atoms with Crippen LogP contribution < -0.4 is 10.1 Å². The van der Waals surface area contributed by atoms with E-state index in [2.05, 4.69) is 20.5 Å². The van der Waals surface area contributed by atoms with Gasteiger partial charge in [-0.05, 0) is 30.2 Å². The van der Waals surface area contributed by atoms with Gasteiger partial charge in [-0.15, -0.1) is 10.2 Å². The molecule has 1 aromatic carbocycles. The lowest BCUT2D eigenvalue weighted by molar-refractivity contribution is -0.138. The summed E-state index contributed by atoms with van der Waals surface area (Å²) in [7, 11) is 1.59. The summed E-state index contributed by atoms with van der Waals surface area (Å²) in [5.74, 6) is -0.648. The van der Waals surface area contributed by atoms with Crippen molar-refractivity contribution in [1.29, 1.82) is 0 Å². The molecule has 0 spiro atoms. The summed E-state index contributed by atoms with van der Waals surface area (Å²) in [6, 6.07) is 5.68. The summed E-state index contributed by atoms with van der Waals surface area (Å²) in [6.07, 6.45) is -2.16. The first-order chi connectivity index (χ1) is 14.7. The summed E-state index contributed by atoms with van der Waals surface area (Å²) in [5, 5.41) is 8.33. The normalized spacial score (nSPS) is 16.8. The van der Waals surface area contributed by atoms with Gasteiger partial charge in [0.1, 0.15) is 5.75 Å². The molecule has 8 nitrogen and oxygen atoms in total. The number of nitrogens with zero attached hydrogens (tertiary/aromatic N) is 3. The van der Waals surface area contributed by atoms with Crippen LogP contribution in [0.5, 0.6) is 5.75 Å². The predicted octanol–water partition coefficient (Wildman–Crippen LogP) is 3.08. The molecule has 0 aliphatic carbocycles. The van der Waals surface area contributed by atoms with Crippen molar-refractivity contribution in [2.75, 3.05) is 25.5 Å². The van der Waals surface area contributed by atoms with Gasteiger partial charge in [0, 0.05) is 36.6 Å². The minimum absolute atomic E-state index is 0.00152. The Hall–Kier alpha value is -3.15. The number of ether oxygens (including phenoxy) is 1. The molecule has 1 aliphatic rings. The Morgan fingerprint density at radius 1 is 1.39 bits per heavy atom. The smallest absolute Gasteiger partial charge is 0.445 e. The molecule has 0 saturated carbocycles. The highest BCUT2D eigenvalue weighted by molar-refractivity contribution is 7.15. The fourth-order valence-corrected chi connectivity index (χ4v) is 4.12. The van der Waals surface area contributed by atoms with E-state index in [0.29, 0.717) is 13.0 Å². The second kappa shape index (κ2) is 8.17. The van der Waals surface area contributed by atoms with Gasteiger partial charge < -0.3 is 19.9 Å². The molecule has 2 aromatic heterocycles. The molecule has 0 bridgehead atoms. The molecule has 31 heavy (non-hydrogen) atoms. The number of hydrogen-bond donors (Lipinski definition) is 2. The number of methoxy groups -OCH3 is 1. The topological polar surface area (TPSA) is 100 Å². The van der Waals surface area contributed by atoms with Gasteiger partial charge in [-0.2, -0.15) is 13.2 Å². The summed E-state index contributed by atoms with van der Waals surface area (Å²) >= 11 is 0.250. The first-order valence-electron chi connectivity index (χ1n) is 9.38. The summed E-state index contributed by atoms with van der Waals surface area (Å²) < 4.78 is 43.1. The van der Waals surface area contributed by atoms with E-state index in [1.165, 1.54) is 0 Å². The third-order valence-corrected chi connectivity index (χ3v) is 5.99. The first kappa shape index (κ1) is 21.1. The highest BCUT2D eigenvalue weighted by Gasteiger charge is 2.37. The SMILES string of the molecule is COc1ccc2[nH]cc(CCN3C[C@H](C(=O)Nc4nnc(C(F)(F)F)s4)CC3=O)c2c1. The largest absolute Gasteiger partial charge is 0.497 e. The molecule has 0 unspecified atom stereocenters. The number of halogens is 3. The molecular formula is C19H18F3N5O3S. The Morgan fingerprint density at radius 3 is 2.90 bits per heavy atom. The standard InChI is InChI=1S/C19H18F3N5O3S/c1-30-12-2-3-14-13(7-12)10(8-23-14)4-5-27-9-11(6-15(27)28)16(29)24-18-26-25-17(31-18)19(20,21)22/h2-3,7-8,11,23H,4-6,9H2,1H3,(H,24,26,29)/t11-/m1/s1. The average molecular weight is 453 g/mol. The third kappa shape index (κ3) is 4.48. The van der Waals surface area contributed by atoms with E-state index < -0.39 is 23.0 Å². The number of amides is 2. The number of alkyl halides is 3. The number of fused-ring (bicyclic) bond motifs is 1. The number of carbonyl (C=O) groups is 2. The van der Waals surface area contributed by atoms with Gasteiger partial charge in [-0.3, -0.25) is 9.59 Å². The maximum absolute atomic E-state index is 12.6. The molecule has 4 rings (SSSR count). The third-order valence-electron chi connectivity index (χ3n) is 5.11. The van der Waals surface area contributed by atoms with E-state index >= 15 is 0 Å². The lowest BCUT2D eigenvalue weighted by atomic mass is 10.1. The number of anilines is 1. The zero-order valence-electron chi connectivity index (χ0n) is 16.3. The quantitative estimate of drug-likeness (QED) is 0.598. The molecule has 12 heteroatoms. The van der Waals surface area contributed by atoms with Crippen molar-refractivity contribution in [2.24, 2.45) is 5.92 Å². The molecule has 2 amide bonds.